The van der Waals surface area contributed by atoms with E-state index in [1.54, 1.807) is 25.0 Å². The van der Waals surface area contributed by atoms with Crippen molar-refractivity contribution in [3.05, 3.63) is 41.1 Å². The van der Waals surface area contributed by atoms with Crippen LogP contribution in [-0.4, -0.2) is 40.8 Å². The zero-order valence-electron chi connectivity index (χ0n) is 14.5. The number of hydrogen-bond donors (Lipinski definition) is 1. The predicted octanol–water partition coefficient (Wildman–Crippen LogP) is 2.34. The standard InChI is InChI=1S/C18H24N4O2/c1-12-9-14(24-3)6-7-15(12)13-5-4-8-22(10-13)18(23)16-11-21(2)20-17(16)19/h6-7,9,11,13H,4-5,8,10H2,1-3H3,(H2,19,20). The van der Waals surface area contributed by atoms with Crippen LogP contribution in [0.2, 0.25) is 0 Å². The van der Waals surface area contributed by atoms with Gasteiger partial charge in [0.1, 0.15) is 11.3 Å². The molecule has 128 valence electrons. The molecule has 0 aliphatic carbocycles. The molecule has 6 heteroatoms. The van der Waals surface area contributed by atoms with Crippen LogP contribution in [0.1, 0.15) is 40.2 Å². The van der Waals surface area contributed by atoms with E-state index in [0.717, 1.165) is 25.1 Å². The zero-order chi connectivity index (χ0) is 17.3. The summed E-state index contributed by atoms with van der Waals surface area (Å²) in [5.41, 5.74) is 8.84. The van der Waals surface area contributed by atoms with Crippen LogP contribution in [0.15, 0.2) is 24.4 Å². The molecule has 2 heterocycles. The van der Waals surface area contributed by atoms with E-state index in [-0.39, 0.29) is 5.91 Å². The number of benzene rings is 1. The number of aryl methyl sites for hydroxylation is 2. The summed E-state index contributed by atoms with van der Waals surface area (Å²) in [7, 11) is 3.45. The fourth-order valence-electron chi connectivity index (χ4n) is 3.49. The summed E-state index contributed by atoms with van der Waals surface area (Å²) < 4.78 is 6.86. The molecule has 1 atom stereocenters. The number of nitrogen functional groups attached to an aromatic ring is 1. The maximum Gasteiger partial charge on any atom is 0.259 e. The minimum Gasteiger partial charge on any atom is -0.497 e. The molecule has 0 saturated carbocycles. The highest BCUT2D eigenvalue weighted by Crippen LogP contribution is 2.31. The largest absolute Gasteiger partial charge is 0.497 e. The lowest BCUT2D eigenvalue weighted by molar-refractivity contribution is 0.0708. The fraction of sp³-hybridized carbons (Fsp3) is 0.444. The van der Waals surface area contributed by atoms with Crippen molar-refractivity contribution < 1.29 is 9.53 Å². The Morgan fingerprint density at radius 2 is 2.21 bits per heavy atom. The number of carbonyl (C=O) groups excluding carboxylic acids is 1. The summed E-state index contributed by atoms with van der Waals surface area (Å²) in [5, 5.41) is 4.07. The average molecular weight is 328 g/mol. The Morgan fingerprint density at radius 3 is 2.83 bits per heavy atom. The van der Waals surface area contributed by atoms with Gasteiger partial charge >= 0.3 is 0 Å². The Kier molecular flexibility index (Phi) is 4.46. The first-order valence-electron chi connectivity index (χ1n) is 8.22. The molecule has 1 fully saturated rings. The third-order valence-corrected chi connectivity index (χ3v) is 4.71. The van der Waals surface area contributed by atoms with Gasteiger partial charge in [0.2, 0.25) is 0 Å². The third kappa shape index (κ3) is 3.09. The number of hydrogen-bond acceptors (Lipinski definition) is 4. The van der Waals surface area contributed by atoms with Gasteiger partial charge in [-0.15, -0.1) is 0 Å². The smallest absolute Gasteiger partial charge is 0.259 e. The number of nitrogens with zero attached hydrogens (tertiary/aromatic N) is 3. The summed E-state index contributed by atoms with van der Waals surface area (Å²) in [4.78, 5) is 14.7. The molecule has 1 aromatic heterocycles. The molecule has 1 amide bonds. The van der Waals surface area contributed by atoms with Gasteiger partial charge < -0.3 is 15.4 Å². The van der Waals surface area contributed by atoms with Crippen LogP contribution in [0.25, 0.3) is 0 Å². The van der Waals surface area contributed by atoms with E-state index in [4.69, 9.17) is 10.5 Å². The van der Waals surface area contributed by atoms with Crippen molar-refractivity contribution in [1.82, 2.24) is 14.7 Å². The van der Waals surface area contributed by atoms with Gasteiger partial charge in [-0.2, -0.15) is 5.10 Å². The molecule has 3 rings (SSSR count). The number of methoxy groups -OCH3 is 1. The van der Waals surface area contributed by atoms with Gasteiger partial charge in [0.25, 0.3) is 5.91 Å². The molecule has 0 spiro atoms. The van der Waals surface area contributed by atoms with Gasteiger partial charge in [0, 0.05) is 32.3 Å². The summed E-state index contributed by atoms with van der Waals surface area (Å²) in [6, 6.07) is 6.16. The van der Waals surface area contributed by atoms with Gasteiger partial charge in [-0.3, -0.25) is 9.48 Å². The van der Waals surface area contributed by atoms with Crippen molar-refractivity contribution in [2.45, 2.75) is 25.7 Å². The van der Waals surface area contributed by atoms with Crippen molar-refractivity contribution in [1.29, 1.82) is 0 Å². The molecule has 1 aromatic carbocycles. The SMILES string of the molecule is COc1ccc(C2CCCN(C(=O)c3cn(C)nc3N)C2)c(C)c1. The minimum atomic E-state index is -0.0311. The summed E-state index contributed by atoms with van der Waals surface area (Å²) in [6.07, 6.45) is 3.77. The normalized spacial score (nSPS) is 17.8. The lowest BCUT2D eigenvalue weighted by Crippen LogP contribution is -2.39. The maximum atomic E-state index is 12.8. The van der Waals surface area contributed by atoms with E-state index in [2.05, 4.69) is 24.2 Å². The molecule has 1 aliphatic rings. The Morgan fingerprint density at radius 1 is 1.42 bits per heavy atom. The zero-order valence-corrected chi connectivity index (χ0v) is 14.5. The number of carbonyl (C=O) groups is 1. The van der Waals surface area contributed by atoms with Gasteiger partial charge in [-0.1, -0.05) is 6.07 Å². The molecule has 1 aliphatic heterocycles. The van der Waals surface area contributed by atoms with Crippen LogP contribution in [0, 0.1) is 6.92 Å². The molecular weight excluding hydrogens is 304 g/mol. The maximum absolute atomic E-state index is 12.8. The van der Waals surface area contributed by atoms with Crippen LogP contribution in [0.3, 0.4) is 0 Å². The second kappa shape index (κ2) is 6.55. The molecule has 0 bridgehead atoms. The molecule has 0 radical (unpaired) electrons. The van der Waals surface area contributed by atoms with Crippen molar-refractivity contribution in [3.8, 4) is 5.75 Å². The van der Waals surface area contributed by atoms with Crippen LogP contribution < -0.4 is 10.5 Å². The highest BCUT2D eigenvalue weighted by molar-refractivity contribution is 5.98. The number of likely N-dealkylation sites (tertiary alicyclic amines) is 1. The molecule has 1 saturated heterocycles. The summed E-state index contributed by atoms with van der Waals surface area (Å²) in [5.74, 6) is 1.47. The summed E-state index contributed by atoms with van der Waals surface area (Å²) in [6.45, 7) is 3.57. The Labute approximate surface area is 142 Å². The Balaban J connectivity index is 1.79. The number of anilines is 1. The number of aromatic nitrogens is 2. The Bertz CT molecular complexity index is 753. The average Bonchev–Trinajstić information content (AvgIpc) is 2.92. The van der Waals surface area contributed by atoms with Crippen molar-refractivity contribution in [2.24, 2.45) is 7.05 Å². The van der Waals surface area contributed by atoms with Gasteiger partial charge in [0.15, 0.2) is 5.82 Å². The van der Waals surface area contributed by atoms with Gasteiger partial charge in [0.05, 0.1) is 7.11 Å². The number of piperidine rings is 1. The monoisotopic (exact) mass is 328 g/mol. The van der Waals surface area contributed by atoms with E-state index in [9.17, 15) is 4.79 Å². The first kappa shape index (κ1) is 16.4. The molecule has 1 unspecified atom stereocenters. The molecule has 2 aromatic rings. The minimum absolute atomic E-state index is 0.0311. The van der Waals surface area contributed by atoms with Crippen molar-refractivity contribution in [2.75, 3.05) is 25.9 Å². The quantitative estimate of drug-likeness (QED) is 0.938. The van der Waals surface area contributed by atoms with Crippen LogP contribution in [0.5, 0.6) is 5.75 Å². The number of amides is 1. The number of rotatable bonds is 3. The van der Waals surface area contributed by atoms with Crippen LogP contribution in [-0.2, 0) is 7.05 Å². The summed E-state index contributed by atoms with van der Waals surface area (Å²) >= 11 is 0. The predicted molar refractivity (Wildman–Crippen MR) is 93.2 cm³/mol. The second-order valence-corrected chi connectivity index (χ2v) is 6.41. The van der Waals surface area contributed by atoms with E-state index >= 15 is 0 Å². The fourth-order valence-corrected chi connectivity index (χ4v) is 3.49. The highest BCUT2D eigenvalue weighted by atomic mass is 16.5. The van der Waals surface area contributed by atoms with E-state index in [1.165, 1.54) is 11.1 Å². The van der Waals surface area contributed by atoms with Crippen LogP contribution in [0.4, 0.5) is 5.82 Å². The van der Waals surface area contributed by atoms with E-state index in [0.29, 0.717) is 23.8 Å². The first-order chi connectivity index (χ1) is 11.5. The molecule has 2 N–H and O–H groups in total. The van der Waals surface area contributed by atoms with Crippen molar-refractivity contribution >= 4 is 11.7 Å². The van der Waals surface area contributed by atoms with E-state index in [1.807, 2.05) is 11.0 Å². The van der Waals surface area contributed by atoms with Gasteiger partial charge in [-0.05, 0) is 43.0 Å². The lowest BCUT2D eigenvalue weighted by Gasteiger charge is -2.33. The number of nitrogens with two attached hydrogens (primary N) is 1. The Hall–Kier alpha value is -2.50. The highest BCUT2D eigenvalue weighted by Gasteiger charge is 2.28. The second-order valence-electron chi connectivity index (χ2n) is 6.41. The molecular formula is C18H24N4O2. The molecule has 6 nitrogen and oxygen atoms in total. The van der Waals surface area contributed by atoms with Gasteiger partial charge in [-0.25, -0.2) is 0 Å². The van der Waals surface area contributed by atoms with E-state index < -0.39 is 0 Å². The van der Waals surface area contributed by atoms with Crippen molar-refractivity contribution in [3.63, 3.8) is 0 Å². The third-order valence-electron chi connectivity index (χ3n) is 4.71. The topological polar surface area (TPSA) is 73.4 Å². The molecule has 24 heavy (non-hydrogen) atoms. The lowest BCUT2D eigenvalue weighted by atomic mass is 9.87. The van der Waals surface area contributed by atoms with Crippen LogP contribution >= 0.6 is 0 Å². The number of ether oxygens (including phenoxy) is 1. The first-order valence-corrected chi connectivity index (χ1v) is 8.22.